The van der Waals surface area contributed by atoms with Gasteiger partial charge in [0.1, 0.15) is 5.82 Å². The summed E-state index contributed by atoms with van der Waals surface area (Å²) in [5, 5.41) is 9.62. The van der Waals surface area contributed by atoms with Gasteiger partial charge in [-0.3, -0.25) is 4.79 Å². The van der Waals surface area contributed by atoms with E-state index in [0.717, 1.165) is 9.88 Å². The Morgan fingerprint density at radius 2 is 2.17 bits per heavy atom. The first-order valence-electron chi connectivity index (χ1n) is 5.42. The molecule has 0 saturated carbocycles. The van der Waals surface area contributed by atoms with Gasteiger partial charge in [0.2, 0.25) is 0 Å². The molecule has 0 atom stereocenters. The fourth-order valence-electron chi connectivity index (χ4n) is 1.69. The third-order valence-corrected chi connectivity index (χ3v) is 3.62. The number of carbonyl (C=O) groups is 1. The number of aromatic nitrogens is 1. The molecule has 2 rings (SSSR count). The van der Waals surface area contributed by atoms with Crippen LogP contribution in [-0.2, 0) is 11.2 Å². The van der Waals surface area contributed by atoms with Crippen LogP contribution in [0.5, 0.6) is 0 Å². The lowest BCUT2D eigenvalue weighted by atomic mass is 10.1. The molecule has 1 N–H and O–H groups in total. The van der Waals surface area contributed by atoms with Crippen LogP contribution in [-0.4, -0.2) is 16.1 Å². The second-order valence-corrected chi connectivity index (χ2v) is 5.25. The maximum Gasteiger partial charge on any atom is 0.309 e. The molecule has 94 valence electrons. The van der Waals surface area contributed by atoms with E-state index in [9.17, 15) is 9.18 Å². The number of aliphatic carboxylic acids is 1. The lowest BCUT2D eigenvalue weighted by molar-refractivity contribution is -0.136. The van der Waals surface area contributed by atoms with Crippen LogP contribution in [0, 0.1) is 19.7 Å². The average molecular weight is 265 g/mol. The molecule has 0 amide bonds. The highest BCUT2D eigenvalue weighted by Gasteiger charge is 2.15. The fraction of sp³-hybridized carbons (Fsp3) is 0.231. The summed E-state index contributed by atoms with van der Waals surface area (Å²) in [7, 11) is 0. The molecule has 3 nitrogen and oxygen atoms in total. The van der Waals surface area contributed by atoms with Crippen molar-refractivity contribution < 1.29 is 14.3 Å². The second-order valence-electron chi connectivity index (χ2n) is 4.04. The van der Waals surface area contributed by atoms with E-state index < -0.39 is 5.97 Å². The highest BCUT2D eigenvalue weighted by molar-refractivity contribution is 7.15. The van der Waals surface area contributed by atoms with E-state index in [0.29, 0.717) is 16.8 Å². The minimum atomic E-state index is -0.936. The van der Waals surface area contributed by atoms with Crippen molar-refractivity contribution in [1.29, 1.82) is 0 Å². The topological polar surface area (TPSA) is 50.2 Å². The van der Waals surface area contributed by atoms with E-state index in [-0.39, 0.29) is 12.2 Å². The Bertz CT molecular complexity index is 607. The zero-order valence-corrected chi connectivity index (χ0v) is 10.8. The van der Waals surface area contributed by atoms with Crippen LogP contribution in [0.4, 0.5) is 4.39 Å². The van der Waals surface area contributed by atoms with Crippen molar-refractivity contribution >= 4 is 17.3 Å². The molecule has 1 aromatic carbocycles. The maximum absolute atomic E-state index is 13.5. The minimum absolute atomic E-state index is 0.144. The summed E-state index contributed by atoms with van der Waals surface area (Å²) in [4.78, 5) is 15.7. The number of halogens is 1. The Kier molecular flexibility index (Phi) is 3.43. The Labute approximate surface area is 108 Å². The van der Waals surface area contributed by atoms with Crippen LogP contribution in [0.1, 0.15) is 16.3 Å². The molecule has 1 aromatic heterocycles. The van der Waals surface area contributed by atoms with E-state index >= 15 is 0 Å². The number of aryl methyl sites for hydroxylation is 2. The molecule has 0 unspecified atom stereocenters. The molecule has 0 spiro atoms. The zero-order valence-electron chi connectivity index (χ0n) is 10.0. The van der Waals surface area contributed by atoms with Gasteiger partial charge in [-0.15, -0.1) is 11.3 Å². The number of hydrogen-bond acceptors (Lipinski definition) is 3. The molecule has 2 aromatic rings. The van der Waals surface area contributed by atoms with Crippen LogP contribution < -0.4 is 0 Å². The van der Waals surface area contributed by atoms with E-state index in [1.54, 1.807) is 19.1 Å². The summed E-state index contributed by atoms with van der Waals surface area (Å²) >= 11 is 1.38. The molecule has 5 heteroatoms. The normalized spacial score (nSPS) is 10.6. The van der Waals surface area contributed by atoms with E-state index in [1.807, 2.05) is 6.92 Å². The van der Waals surface area contributed by atoms with Gasteiger partial charge < -0.3 is 5.11 Å². The van der Waals surface area contributed by atoms with Crippen LogP contribution in [0.25, 0.3) is 10.4 Å². The summed E-state index contributed by atoms with van der Waals surface area (Å²) in [6.45, 7) is 3.50. The molecule has 0 fully saturated rings. The highest BCUT2D eigenvalue weighted by atomic mass is 32.1. The van der Waals surface area contributed by atoms with Gasteiger partial charge in [-0.05, 0) is 31.0 Å². The molecule has 18 heavy (non-hydrogen) atoms. The Morgan fingerprint density at radius 3 is 2.78 bits per heavy atom. The number of carboxylic acids is 1. The standard InChI is InChI=1S/C13H12FNO2S/c1-7-3-4-9(5-10(7)14)13-11(6-12(16)17)15-8(2)18-13/h3-5H,6H2,1-2H3,(H,16,17). The molecule has 0 aliphatic carbocycles. The molecular weight excluding hydrogens is 253 g/mol. The van der Waals surface area contributed by atoms with E-state index in [1.165, 1.54) is 17.4 Å². The van der Waals surface area contributed by atoms with Crippen molar-refractivity contribution in [2.24, 2.45) is 0 Å². The monoisotopic (exact) mass is 265 g/mol. The van der Waals surface area contributed by atoms with Crippen LogP contribution in [0.15, 0.2) is 18.2 Å². The largest absolute Gasteiger partial charge is 0.481 e. The molecule has 0 radical (unpaired) electrons. The van der Waals surface area contributed by atoms with Gasteiger partial charge in [0, 0.05) is 0 Å². The Hall–Kier alpha value is -1.75. The van der Waals surface area contributed by atoms with Gasteiger partial charge in [-0.1, -0.05) is 12.1 Å². The van der Waals surface area contributed by atoms with Crippen molar-refractivity contribution in [3.05, 3.63) is 40.3 Å². The first-order valence-corrected chi connectivity index (χ1v) is 6.23. The molecular formula is C13H12FNO2S. The number of rotatable bonds is 3. The fourth-order valence-corrected chi connectivity index (χ4v) is 2.62. The van der Waals surface area contributed by atoms with Crippen molar-refractivity contribution in [1.82, 2.24) is 4.98 Å². The molecule has 1 heterocycles. The first kappa shape index (κ1) is 12.7. The van der Waals surface area contributed by atoms with Crippen molar-refractivity contribution in [2.75, 3.05) is 0 Å². The molecule has 0 aliphatic heterocycles. The summed E-state index contributed by atoms with van der Waals surface area (Å²) in [6, 6.07) is 4.90. The summed E-state index contributed by atoms with van der Waals surface area (Å²) in [5.41, 5.74) is 1.74. The van der Waals surface area contributed by atoms with Crippen molar-refractivity contribution in [3.8, 4) is 10.4 Å². The van der Waals surface area contributed by atoms with Gasteiger partial charge in [0.15, 0.2) is 0 Å². The van der Waals surface area contributed by atoms with Crippen LogP contribution in [0.3, 0.4) is 0 Å². The van der Waals surface area contributed by atoms with Crippen molar-refractivity contribution in [2.45, 2.75) is 20.3 Å². The smallest absolute Gasteiger partial charge is 0.309 e. The Morgan fingerprint density at radius 1 is 1.44 bits per heavy atom. The summed E-state index contributed by atoms with van der Waals surface area (Å²) < 4.78 is 13.5. The SMILES string of the molecule is Cc1nc(CC(=O)O)c(-c2ccc(C)c(F)c2)s1. The molecule has 0 aliphatic rings. The molecule has 0 bridgehead atoms. The van der Waals surface area contributed by atoms with Crippen LogP contribution >= 0.6 is 11.3 Å². The van der Waals surface area contributed by atoms with Gasteiger partial charge >= 0.3 is 5.97 Å². The average Bonchev–Trinajstić information content (AvgIpc) is 2.62. The number of benzene rings is 1. The summed E-state index contributed by atoms with van der Waals surface area (Å²) in [5.74, 6) is -1.23. The van der Waals surface area contributed by atoms with Gasteiger partial charge in [-0.25, -0.2) is 9.37 Å². The first-order chi connectivity index (χ1) is 8.47. The maximum atomic E-state index is 13.5. The molecule has 0 saturated heterocycles. The third kappa shape index (κ3) is 2.56. The highest BCUT2D eigenvalue weighted by Crippen LogP contribution is 2.31. The second kappa shape index (κ2) is 4.86. The summed E-state index contributed by atoms with van der Waals surface area (Å²) in [6.07, 6.45) is -0.144. The number of hydrogen-bond donors (Lipinski definition) is 1. The number of thiazole rings is 1. The predicted octanol–water partition coefficient (Wildman–Crippen LogP) is 3.19. The van der Waals surface area contributed by atoms with Gasteiger partial charge in [0.05, 0.1) is 22.0 Å². The van der Waals surface area contributed by atoms with E-state index in [2.05, 4.69) is 4.98 Å². The minimum Gasteiger partial charge on any atom is -0.481 e. The Balaban J connectivity index is 2.49. The van der Waals surface area contributed by atoms with Gasteiger partial charge in [-0.2, -0.15) is 0 Å². The van der Waals surface area contributed by atoms with Crippen molar-refractivity contribution in [3.63, 3.8) is 0 Å². The zero-order chi connectivity index (χ0) is 13.3. The predicted molar refractivity (Wildman–Crippen MR) is 68.3 cm³/mol. The third-order valence-electron chi connectivity index (χ3n) is 2.56. The lowest BCUT2D eigenvalue weighted by Gasteiger charge is -2.02. The lowest BCUT2D eigenvalue weighted by Crippen LogP contribution is -2.01. The van der Waals surface area contributed by atoms with E-state index in [4.69, 9.17) is 5.11 Å². The number of nitrogens with zero attached hydrogens (tertiary/aromatic N) is 1. The van der Waals surface area contributed by atoms with Crippen LogP contribution in [0.2, 0.25) is 0 Å². The quantitative estimate of drug-likeness (QED) is 0.927. The van der Waals surface area contributed by atoms with Gasteiger partial charge in [0.25, 0.3) is 0 Å². The number of carboxylic acid groups (broad SMARTS) is 1.